The van der Waals surface area contributed by atoms with Crippen molar-refractivity contribution in [3.63, 3.8) is 0 Å². The molecule has 22 heavy (non-hydrogen) atoms. The lowest BCUT2D eigenvalue weighted by atomic mass is 10.2. The molecule has 1 aromatic rings. The molecule has 5 nitrogen and oxygen atoms in total. The summed E-state index contributed by atoms with van der Waals surface area (Å²) in [6.07, 6.45) is 2.36. The summed E-state index contributed by atoms with van der Waals surface area (Å²) in [4.78, 5) is 14.5. The Labute approximate surface area is 139 Å². The smallest absolute Gasteiger partial charge is 0.237 e. The van der Waals surface area contributed by atoms with E-state index in [4.69, 9.17) is 21.7 Å². The molecule has 0 bridgehead atoms. The number of ether oxygens (including phenoxy) is 2. The van der Waals surface area contributed by atoms with Crippen molar-refractivity contribution in [2.75, 3.05) is 25.2 Å². The van der Waals surface area contributed by atoms with E-state index < -0.39 is 0 Å². The lowest BCUT2D eigenvalue weighted by Crippen LogP contribution is -2.29. The first kappa shape index (κ1) is 15.4. The predicted octanol–water partition coefficient (Wildman–Crippen LogP) is 2.86. The zero-order valence-electron chi connectivity index (χ0n) is 12.3. The average molecular weight is 338 g/mol. The van der Waals surface area contributed by atoms with Gasteiger partial charge in [0.25, 0.3) is 0 Å². The van der Waals surface area contributed by atoms with Gasteiger partial charge in [-0.1, -0.05) is 24.0 Å². The maximum atomic E-state index is 12.3. The third-order valence-corrected chi connectivity index (χ3v) is 5.23. The van der Waals surface area contributed by atoms with Crippen LogP contribution in [0.3, 0.4) is 0 Å². The molecule has 0 saturated carbocycles. The Balaban J connectivity index is 1.55. The Bertz CT molecular complexity index is 588. The van der Waals surface area contributed by atoms with Crippen molar-refractivity contribution in [2.24, 2.45) is 0 Å². The SMILES string of the molecule is C[C@@H](SC(=S)N1CCCC1)C(=O)Nc1ccc2c(c1)OCO2. The van der Waals surface area contributed by atoms with E-state index in [0.717, 1.165) is 17.4 Å². The highest BCUT2D eigenvalue weighted by molar-refractivity contribution is 8.23. The molecule has 118 valence electrons. The minimum atomic E-state index is -0.237. The van der Waals surface area contributed by atoms with Gasteiger partial charge >= 0.3 is 0 Å². The normalized spacial score (nSPS) is 17.4. The van der Waals surface area contributed by atoms with Gasteiger partial charge in [0.15, 0.2) is 11.5 Å². The van der Waals surface area contributed by atoms with Crippen molar-refractivity contribution >= 4 is 39.9 Å². The Morgan fingerprint density at radius 2 is 2.05 bits per heavy atom. The second kappa shape index (κ2) is 6.75. The predicted molar refractivity (Wildman–Crippen MR) is 91.7 cm³/mol. The summed E-state index contributed by atoms with van der Waals surface area (Å²) in [6.45, 7) is 4.10. The van der Waals surface area contributed by atoms with Gasteiger partial charge in [-0.15, -0.1) is 0 Å². The van der Waals surface area contributed by atoms with E-state index in [0.29, 0.717) is 17.2 Å². The molecule has 1 aromatic carbocycles. The van der Waals surface area contributed by atoms with E-state index in [2.05, 4.69) is 10.2 Å². The number of nitrogens with one attached hydrogen (secondary N) is 1. The monoisotopic (exact) mass is 338 g/mol. The number of benzene rings is 1. The summed E-state index contributed by atoms with van der Waals surface area (Å²) in [5, 5.41) is 2.66. The summed E-state index contributed by atoms with van der Waals surface area (Å²) in [5.74, 6) is 1.30. The van der Waals surface area contributed by atoms with Gasteiger partial charge in [-0.3, -0.25) is 4.79 Å². The van der Waals surface area contributed by atoms with Gasteiger partial charge in [0.1, 0.15) is 4.32 Å². The summed E-state index contributed by atoms with van der Waals surface area (Å²) in [6, 6.07) is 5.38. The number of thiocarbonyl (C=S) groups is 1. The second-order valence-corrected chi connectivity index (χ2v) is 7.25. The van der Waals surface area contributed by atoms with Crippen molar-refractivity contribution in [1.82, 2.24) is 4.90 Å². The number of rotatable bonds is 3. The van der Waals surface area contributed by atoms with E-state index in [-0.39, 0.29) is 18.0 Å². The van der Waals surface area contributed by atoms with Crippen LogP contribution >= 0.6 is 24.0 Å². The molecule has 0 aliphatic carbocycles. The van der Waals surface area contributed by atoms with Crippen molar-refractivity contribution in [2.45, 2.75) is 25.0 Å². The number of carbonyl (C=O) groups excluding carboxylic acids is 1. The van der Waals surface area contributed by atoms with Crippen LogP contribution in [0.4, 0.5) is 5.69 Å². The molecule has 7 heteroatoms. The van der Waals surface area contributed by atoms with Crippen LogP contribution in [0.25, 0.3) is 0 Å². The van der Waals surface area contributed by atoms with Crippen LogP contribution in [0, 0.1) is 0 Å². The van der Waals surface area contributed by atoms with Crippen LogP contribution in [0.5, 0.6) is 11.5 Å². The maximum Gasteiger partial charge on any atom is 0.237 e. The summed E-state index contributed by atoms with van der Waals surface area (Å²) in [7, 11) is 0. The summed E-state index contributed by atoms with van der Waals surface area (Å²) < 4.78 is 11.4. The maximum absolute atomic E-state index is 12.3. The Morgan fingerprint density at radius 3 is 2.82 bits per heavy atom. The molecule has 0 radical (unpaired) electrons. The van der Waals surface area contributed by atoms with E-state index in [1.165, 1.54) is 24.6 Å². The number of likely N-dealkylation sites (tertiary alicyclic amines) is 1. The Kier molecular flexibility index (Phi) is 4.73. The Hall–Kier alpha value is -1.47. The lowest BCUT2D eigenvalue weighted by molar-refractivity contribution is -0.115. The minimum absolute atomic E-state index is 0.0644. The van der Waals surface area contributed by atoms with Gasteiger partial charge in [-0.05, 0) is 31.9 Å². The van der Waals surface area contributed by atoms with Gasteiger partial charge < -0.3 is 19.7 Å². The molecule has 2 aliphatic rings. The van der Waals surface area contributed by atoms with E-state index in [9.17, 15) is 4.79 Å². The van der Waals surface area contributed by atoms with E-state index in [1.807, 2.05) is 13.0 Å². The number of thioether (sulfide) groups is 1. The number of anilines is 1. The molecule has 2 heterocycles. The number of hydrogen-bond donors (Lipinski definition) is 1. The van der Waals surface area contributed by atoms with Crippen molar-refractivity contribution in [1.29, 1.82) is 0 Å². The van der Waals surface area contributed by atoms with Crippen LogP contribution in [0.2, 0.25) is 0 Å². The van der Waals surface area contributed by atoms with Gasteiger partial charge in [0.05, 0.1) is 5.25 Å². The second-order valence-electron chi connectivity index (χ2n) is 5.28. The van der Waals surface area contributed by atoms with Gasteiger partial charge in [0, 0.05) is 24.8 Å². The molecule has 0 aromatic heterocycles. The molecule has 0 unspecified atom stereocenters. The standard InChI is InChI=1S/C15H18N2O3S2/c1-10(22-15(21)17-6-2-3-7-17)14(18)16-11-4-5-12-13(8-11)20-9-19-12/h4-5,8,10H,2-3,6-7,9H2,1H3,(H,16,18)/t10-/m1/s1. The zero-order chi connectivity index (χ0) is 15.5. The molecule has 1 N–H and O–H groups in total. The first-order valence-corrected chi connectivity index (χ1v) is 8.58. The number of fused-ring (bicyclic) bond motifs is 1. The van der Waals surface area contributed by atoms with Crippen LogP contribution in [0.15, 0.2) is 18.2 Å². The average Bonchev–Trinajstić information content (AvgIpc) is 3.18. The fourth-order valence-electron chi connectivity index (χ4n) is 2.40. The van der Waals surface area contributed by atoms with Crippen molar-refractivity contribution < 1.29 is 14.3 Å². The van der Waals surface area contributed by atoms with E-state index >= 15 is 0 Å². The summed E-state index contributed by atoms with van der Waals surface area (Å²) >= 11 is 6.85. The highest BCUT2D eigenvalue weighted by Crippen LogP contribution is 2.34. The minimum Gasteiger partial charge on any atom is -0.454 e. The molecule has 1 fully saturated rings. The molecule has 2 aliphatic heterocycles. The molecule has 1 atom stereocenters. The molecule has 1 amide bonds. The zero-order valence-corrected chi connectivity index (χ0v) is 14.0. The molecular formula is C15H18N2O3S2. The molecule has 0 spiro atoms. The van der Waals surface area contributed by atoms with Crippen LogP contribution in [-0.2, 0) is 4.79 Å². The fourth-order valence-corrected chi connectivity index (χ4v) is 3.81. The highest BCUT2D eigenvalue weighted by atomic mass is 32.2. The topological polar surface area (TPSA) is 50.8 Å². The van der Waals surface area contributed by atoms with Crippen molar-refractivity contribution in [3.8, 4) is 11.5 Å². The third-order valence-electron chi connectivity index (χ3n) is 3.65. The van der Waals surface area contributed by atoms with E-state index in [1.54, 1.807) is 12.1 Å². The molecule has 1 saturated heterocycles. The number of hydrogen-bond acceptors (Lipinski definition) is 5. The quantitative estimate of drug-likeness (QED) is 0.856. The number of nitrogens with zero attached hydrogens (tertiary/aromatic N) is 1. The number of amides is 1. The van der Waals surface area contributed by atoms with Crippen LogP contribution in [0.1, 0.15) is 19.8 Å². The first-order valence-electron chi connectivity index (χ1n) is 7.29. The van der Waals surface area contributed by atoms with Crippen LogP contribution < -0.4 is 14.8 Å². The first-order chi connectivity index (χ1) is 10.6. The van der Waals surface area contributed by atoms with Gasteiger partial charge in [0.2, 0.25) is 12.7 Å². The highest BCUT2D eigenvalue weighted by Gasteiger charge is 2.22. The van der Waals surface area contributed by atoms with Crippen molar-refractivity contribution in [3.05, 3.63) is 18.2 Å². The Morgan fingerprint density at radius 1 is 1.32 bits per heavy atom. The summed E-state index contributed by atoms with van der Waals surface area (Å²) in [5.41, 5.74) is 0.703. The third kappa shape index (κ3) is 3.47. The largest absolute Gasteiger partial charge is 0.454 e. The van der Waals surface area contributed by atoms with Gasteiger partial charge in [-0.2, -0.15) is 0 Å². The molecule has 3 rings (SSSR count). The lowest BCUT2D eigenvalue weighted by Gasteiger charge is -2.20. The number of carbonyl (C=O) groups is 1. The fraction of sp³-hybridized carbons (Fsp3) is 0.467. The van der Waals surface area contributed by atoms with Crippen LogP contribution in [-0.4, -0.2) is 40.3 Å². The molecular weight excluding hydrogens is 320 g/mol. The van der Waals surface area contributed by atoms with Gasteiger partial charge in [-0.25, -0.2) is 0 Å².